The van der Waals surface area contributed by atoms with Crippen LogP contribution in [-0.4, -0.2) is 21.6 Å². The van der Waals surface area contributed by atoms with Crippen LogP contribution in [0.3, 0.4) is 0 Å². The fraction of sp³-hybridized carbons (Fsp3) is 0.0385. The van der Waals surface area contributed by atoms with E-state index in [0.29, 0.717) is 38.6 Å². The van der Waals surface area contributed by atoms with Gasteiger partial charge in [-0.05, 0) is 47.9 Å². The molecule has 5 rings (SSSR count). The molecule has 0 aliphatic rings. The standard InChI is InChI=1S/C26H18ClFN4O2/c27-22-7-2-1-6-19(22)26(34)30-17-10-8-15-9-11-20-23(14-24(29)33)31-32(25(20)21(15)13-17)18-5-3-4-16(28)12-18/h1-13H,14H2,(H2,29,33)(H,30,34). The van der Waals surface area contributed by atoms with E-state index in [1.54, 1.807) is 47.1 Å². The van der Waals surface area contributed by atoms with E-state index in [-0.39, 0.29) is 12.3 Å². The van der Waals surface area contributed by atoms with Crippen molar-refractivity contribution < 1.29 is 14.0 Å². The van der Waals surface area contributed by atoms with Gasteiger partial charge in [0.05, 0.1) is 33.9 Å². The van der Waals surface area contributed by atoms with Crippen molar-refractivity contribution in [1.82, 2.24) is 9.78 Å². The average Bonchev–Trinajstić information content (AvgIpc) is 3.17. The van der Waals surface area contributed by atoms with Crippen LogP contribution >= 0.6 is 11.6 Å². The van der Waals surface area contributed by atoms with Crippen molar-refractivity contribution in [2.75, 3.05) is 5.32 Å². The van der Waals surface area contributed by atoms with Gasteiger partial charge in [-0.1, -0.05) is 48.0 Å². The molecule has 4 aromatic carbocycles. The number of benzene rings is 4. The summed E-state index contributed by atoms with van der Waals surface area (Å²) in [5.41, 5.74) is 8.01. The molecule has 6 nitrogen and oxygen atoms in total. The van der Waals surface area contributed by atoms with E-state index in [0.717, 1.165) is 10.8 Å². The molecular weight excluding hydrogens is 455 g/mol. The van der Waals surface area contributed by atoms with Crippen molar-refractivity contribution in [3.05, 3.63) is 101 Å². The molecule has 1 aromatic heterocycles. The Morgan fingerprint density at radius 1 is 0.971 bits per heavy atom. The summed E-state index contributed by atoms with van der Waals surface area (Å²) in [7, 11) is 0. The van der Waals surface area contributed by atoms with Crippen LogP contribution in [0, 0.1) is 5.82 Å². The Kier molecular flexibility index (Phi) is 5.47. The number of nitrogens with one attached hydrogen (secondary N) is 1. The number of amides is 2. The largest absolute Gasteiger partial charge is 0.369 e. The highest BCUT2D eigenvalue weighted by molar-refractivity contribution is 6.34. The summed E-state index contributed by atoms with van der Waals surface area (Å²) in [6, 6.07) is 22.1. The first-order chi connectivity index (χ1) is 16.4. The van der Waals surface area contributed by atoms with Gasteiger partial charge in [0.1, 0.15) is 5.82 Å². The van der Waals surface area contributed by atoms with Gasteiger partial charge in [-0.2, -0.15) is 5.10 Å². The Hall–Kier alpha value is -4.23. The third-order valence-electron chi connectivity index (χ3n) is 5.51. The smallest absolute Gasteiger partial charge is 0.257 e. The average molecular weight is 473 g/mol. The van der Waals surface area contributed by atoms with Crippen molar-refractivity contribution in [3.63, 3.8) is 0 Å². The molecule has 1 heterocycles. The van der Waals surface area contributed by atoms with Crippen molar-refractivity contribution >= 4 is 50.8 Å². The Balaban J connectivity index is 1.69. The highest BCUT2D eigenvalue weighted by Gasteiger charge is 2.18. The molecule has 34 heavy (non-hydrogen) atoms. The van der Waals surface area contributed by atoms with E-state index < -0.39 is 11.7 Å². The highest BCUT2D eigenvalue weighted by atomic mass is 35.5. The Morgan fingerprint density at radius 2 is 1.76 bits per heavy atom. The molecule has 0 saturated carbocycles. The lowest BCUT2D eigenvalue weighted by Crippen LogP contribution is -2.14. The van der Waals surface area contributed by atoms with Crippen LogP contribution in [-0.2, 0) is 11.2 Å². The van der Waals surface area contributed by atoms with Crippen molar-refractivity contribution in [2.24, 2.45) is 5.73 Å². The first-order valence-corrected chi connectivity index (χ1v) is 10.8. The molecule has 0 saturated heterocycles. The lowest BCUT2D eigenvalue weighted by molar-refractivity contribution is -0.117. The van der Waals surface area contributed by atoms with Gasteiger partial charge in [-0.15, -0.1) is 0 Å². The zero-order chi connectivity index (χ0) is 23.8. The van der Waals surface area contributed by atoms with Crippen LogP contribution in [0.1, 0.15) is 16.1 Å². The Labute approximate surface area is 198 Å². The van der Waals surface area contributed by atoms with Gasteiger partial charge in [0.15, 0.2) is 0 Å². The third kappa shape index (κ3) is 3.97. The molecule has 0 atom stereocenters. The number of primary amides is 1. The summed E-state index contributed by atoms with van der Waals surface area (Å²) in [6.45, 7) is 0. The van der Waals surface area contributed by atoms with Crippen LogP contribution in [0.25, 0.3) is 27.4 Å². The minimum Gasteiger partial charge on any atom is -0.369 e. The van der Waals surface area contributed by atoms with Crippen molar-refractivity contribution in [3.8, 4) is 5.69 Å². The minimum absolute atomic E-state index is 0.0622. The maximum atomic E-state index is 14.0. The zero-order valence-corrected chi connectivity index (χ0v) is 18.5. The van der Waals surface area contributed by atoms with Gasteiger partial charge in [-0.3, -0.25) is 9.59 Å². The van der Waals surface area contributed by atoms with Crippen LogP contribution in [0.15, 0.2) is 78.9 Å². The second-order valence-corrected chi connectivity index (χ2v) is 8.22. The number of anilines is 1. The van der Waals surface area contributed by atoms with Gasteiger partial charge in [0.2, 0.25) is 5.91 Å². The van der Waals surface area contributed by atoms with E-state index in [2.05, 4.69) is 10.4 Å². The number of hydrogen-bond acceptors (Lipinski definition) is 3. The highest BCUT2D eigenvalue weighted by Crippen LogP contribution is 2.32. The summed E-state index contributed by atoms with van der Waals surface area (Å²) >= 11 is 6.16. The zero-order valence-electron chi connectivity index (χ0n) is 17.8. The van der Waals surface area contributed by atoms with Crippen LogP contribution in [0.5, 0.6) is 0 Å². The van der Waals surface area contributed by atoms with Crippen LogP contribution in [0.4, 0.5) is 10.1 Å². The van der Waals surface area contributed by atoms with Crippen molar-refractivity contribution in [2.45, 2.75) is 6.42 Å². The van der Waals surface area contributed by atoms with E-state index in [9.17, 15) is 14.0 Å². The quantitative estimate of drug-likeness (QED) is 0.366. The second-order valence-electron chi connectivity index (χ2n) is 7.81. The maximum Gasteiger partial charge on any atom is 0.257 e. The third-order valence-corrected chi connectivity index (χ3v) is 5.84. The van der Waals surface area contributed by atoms with Gasteiger partial charge in [-0.25, -0.2) is 9.07 Å². The number of aromatic nitrogens is 2. The number of nitrogens with zero attached hydrogens (tertiary/aromatic N) is 2. The first-order valence-electron chi connectivity index (χ1n) is 10.5. The van der Waals surface area contributed by atoms with E-state index in [1.165, 1.54) is 12.1 Å². The lowest BCUT2D eigenvalue weighted by atomic mass is 10.0. The number of fused-ring (bicyclic) bond motifs is 3. The predicted octanol–water partition coefficient (Wildman–Crippen LogP) is 5.25. The number of halogens is 2. The van der Waals surface area contributed by atoms with Gasteiger partial charge in [0.25, 0.3) is 5.91 Å². The normalized spacial score (nSPS) is 11.1. The lowest BCUT2D eigenvalue weighted by Gasteiger charge is -2.10. The number of nitrogens with two attached hydrogens (primary N) is 1. The topological polar surface area (TPSA) is 90.0 Å². The molecule has 8 heteroatoms. The van der Waals surface area contributed by atoms with Gasteiger partial charge in [0, 0.05) is 16.5 Å². The molecule has 0 fully saturated rings. The number of hydrogen-bond donors (Lipinski definition) is 2. The summed E-state index contributed by atoms with van der Waals surface area (Å²) in [5, 5.41) is 10.2. The number of carbonyl (C=O) groups excluding carboxylic acids is 2. The molecule has 0 radical (unpaired) electrons. The number of rotatable bonds is 5. The molecule has 5 aromatic rings. The minimum atomic E-state index is -0.522. The first kappa shape index (κ1) is 21.6. The molecule has 168 valence electrons. The molecule has 0 aliphatic heterocycles. The van der Waals surface area contributed by atoms with Crippen molar-refractivity contribution in [1.29, 1.82) is 0 Å². The fourth-order valence-electron chi connectivity index (χ4n) is 4.00. The summed E-state index contributed by atoms with van der Waals surface area (Å²) < 4.78 is 15.6. The monoisotopic (exact) mass is 472 g/mol. The van der Waals surface area contributed by atoms with Gasteiger partial charge >= 0.3 is 0 Å². The molecular formula is C26H18ClFN4O2. The second kappa shape index (κ2) is 8.61. The molecule has 0 aliphatic carbocycles. The Morgan fingerprint density at radius 3 is 2.53 bits per heavy atom. The van der Waals surface area contributed by atoms with E-state index in [4.69, 9.17) is 17.3 Å². The molecule has 2 amide bonds. The Bertz CT molecular complexity index is 1600. The van der Waals surface area contributed by atoms with Crippen LogP contribution in [0.2, 0.25) is 5.02 Å². The molecule has 0 bridgehead atoms. The van der Waals surface area contributed by atoms with Gasteiger partial charge < -0.3 is 11.1 Å². The molecule has 0 spiro atoms. The van der Waals surface area contributed by atoms with E-state index in [1.807, 2.05) is 24.3 Å². The van der Waals surface area contributed by atoms with Crippen LogP contribution < -0.4 is 11.1 Å². The summed E-state index contributed by atoms with van der Waals surface area (Å²) in [6.07, 6.45) is -0.0622. The fourth-order valence-corrected chi connectivity index (χ4v) is 4.22. The maximum absolute atomic E-state index is 14.0. The molecule has 0 unspecified atom stereocenters. The SMILES string of the molecule is NC(=O)Cc1nn(-c2cccc(F)c2)c2c1ccc1ccc(NC(=O)c3ccccc3Cl)cc12. The summed E-state index contributed by atoms with van der Waals surface area (Å²) in [4.78, 5) is 24.4. The number of carbonyl (C=O) groups is 2. The molecule has 3 N–H and O–H groups in total. The van der Waals surface area contributed by atoms with E-state index >= 15 is 0 Å². The summed E-state index contributed by atoms with van der Waals surface area (Å²) in [5.74, 6) is -1.28. The predicted molar refractivity (Wildman–Crippen MR) is 131 cm³/mol.